The summed E-state index contributed by atoms with van der Waals surface area (Å²) in [5.41, 5.74) is 3.95. The quantitative estimate of drug-likeness (QED) is 0.600. The molecule has 0 spiro atoms. The molecule has 0 amide bonds. The summed E-state index contributed by atoms with van der Waals surface area (Å²) < 4.78 is 1.08. The van der Waals surface area contributed by atoms with Gasteiger partial charge in [0.05, 0.1) is 0 Å². The molecule has 1 heteroatoms. The van der Waals surface area contributed by atoms with Crippen molar-refractivity contribution in [3.05, 3.63) is 33.3 Å². The highest BCUT2D eigenvalue weighted by Crippen LogP contribution is 2.20. The maximum Gasteiger partial charge on any atom is 0.0286 e. The van der Waals surface area contributed by atoms with Crippen LogP contribution in [0, 0.1) is 26.8 Å². The molecule has 1 rings (SSSR count). The highest BCUT2D eigenvalue weighted by Gasteiger charge is 1.99. The van der Waals surface area contributed by atoms with E-state index in [9.17, 15) is 0 Å². The average molecular weight is 198 g/mol. The van der Waals surface area contributed by atoms with E-state index in [4.69, 9.17) is 0 Å². The molecule has 0 N–H and O–H groups in total. The van der Waals surface area contributed by atoms with Crippen molar-refractivity contribution < 1.29 is 0 Å². The highest BCUT2D eigenvalue weighted by atomic mass is 79.9. The molecule has 0 aliphatic rings. The van der Waals surface area contributed by atoms with Gasteiger partial charge < -0.3 is 0 Å². The van der Waals surface area contributed by atoms with Gasteiger partial charge in [-0.05, 0) is 65.5 Å². The van der Waals surface area contributed by atoms with Gasteiger partial charge in [-0.3, -0.25) is 0 Å². The molecule has 0 aliphatic carbocycles. The number of halogens is 1. The van der Waals surface area contributed by atoms with Gasteiger partial charge in [-0.15, -0.1) is 0 Å². The monoisotopic (exact) mass is 197 g/mol. The molecule has 1 radical (unpaired) electrons. The molecule has 0 saturated heterocycles. The number of hydrogen-bond acceptors (Lipinski definition) is 0. The van der Waals surface area contributed by atoms with Crippen LogP contribution in [-0.2, 0) is 0 Å². The average Bonchev–Trinajstić information content (AvgIpc) is 1.93. The second-order valence-corrected chi connectivity index (χ2v) is 3.33. The van der Waals surface area contributed by atoms with Gasteiger partial charge in [0.15, 0.2) is 0 Å². The van der Waals surface area contributed by atoms with Gasteiger partial charge in [0.2, 0.25) is 0 Å². The summed E-state index contributed by atoms with van der Waals surface area (Å²) >= 11 is 3.42. The lowest BCUT2D eigenvalue weighted by molar-refractivity contribution is 1.24. The Balaban J connectivity index is 3.34. The van der Waals surface area contributed by atoms with Crippen molar-refractivity contribution in [3.63, 3.8) is 0 Å². The minimum Gasteiger partial charge on any atom is -0.0500 e. The summed E-state index contributed by atoms with van der Waals surface area (Å²) in [6.45, 7) is 6.33. The Hall–Kier alpha value is -0.300. The lowest BCUT2D eigenvalue weighted by Gasteiger charge is -2.04. The van der Waals surface area contributed by atoms with Crippen LogP contribution in [0.1, 0.15) is 16.7 Å². The second-order valence-electron chi connectivity index (χ2n) is 2.54. The smallest absolute Gasteiger partial charge is 0.0286 e. The second kappa shape index (κ2) is 2.75. The summed E-state index contributed by atoms with van der Waals surface area (Å²) in [5, 5.41) is 0. The normalized spacial score (nSPS) is 10.0. The van der Waals surface area contributed by atoms with Gasteiger partial charge in [-0.1, -0.05) is 0 Å². The van der Waals surface area contributed by atoms with Crippen molar-refractivity contribution in [1.29, 1.82) is 0 Å². The van der Waals surface area contributed by atoms with E-state index in [-0.39, 0.29) is 0 Å². The first kappa shape index (κ1) is 7.80. The Morgan fingerprint density at radius 3 is 2.30 bits per heavy atom. The minimum atomic E-state index is 1.08. The number of aryl methyl sites for hydroxylation is 1. The lowest BCUT2D eigenvalue weighted by atomic mass is 10.1. The third-order valence-corrected chi connectivity index (χ3v) is 2.72. The van der Waals surface area contributed by atoms with Gasteiger partial charge in [0.25, 0.3) is 0 Å². The molecule has 0 atom stereocenters. The van der Waals surface area contributed by atoms with Crippen molar-refractivity contribution >= 4 is 15.9 Å². The topological polar surface area (TPSA) is 0 Å². The molecule has 0 nitrogen and oxygen atoms in total. The fraction of sp³-hybridized carbons (Fsp3) is 0.333. The fourth-order valence-electron chi connectivity index (χ4n) is 0.848. The maximum absolute atomic E-state index is 3.42. The van der Waals surface area contributed by atoms with E-state index < -0.39 is 0 Å². The van der Waals surface area contributed by atoms with Crippen molar-refractivity contribution in [2.45, 2.75) is 20.8 Å². The van der Waals surface area contributed by atoms with E-state index in [1.165, 1.54) is 16.7 Å². The van der Waals surface area contributed by atoms with Crippen LogP contribution in [0.3, 0.4) is 0 Å². The van der Waals surface area contributed by atoms with Crippen molar-refractivity contribution in [1.82, 2.24) is 0 Å². The van der Waals surface area contributed by atoms with E-state index >= 15 is 0 Å². The van der Waals surface area contributed by atoms with Crippen molar-refractivity contribution in [3.8, 4) is 0 Å². The zero-order valence-corrected chi connectivity index (χ0v) is 8.04. The number of rotatable bonds is 0. The predicted molar refractivity (Wildman–Crippen MR) is 47.2 cm³/mol. The first-order valence-electron chi connectivity index (χ1n) is 3.27. The first-order valence-corrected chi connectivity index (χ1v) is 4.06. The third-order valence-electron chi connectivity index (χ3n) is 1.90. The molecule has 0 fully saturated rings. The molecular weight excluding hydrogens is 188 g/mol. The Kier molecular flexibility index (Phi) is 2.14. The Labute approximate surface area is 70.4 Å². The van der Waals surface area contributed by atoms with Crippen LogP contribution >= 0.6 is 15.9 Å². The molecule has 0 saturated carbocycles. The molecule has 0 aromatic heterocycles. The van der Waals surface area contributed by atoms with Gasteiger partial charge in [0.1, 0.15) is 0 Å². The van der Waals surface area contributed by atoms with Crippen LogP contribution in [-0.4, -0.2) is 0 Å². The standard InChI is InChI=1S/C9H10Br/c1-6-4-5-9(10)8(3)7(6)2/h4H,1-3H3. The lowest BCUT2D eigenvalue weighted by Crippen LogP contribution is -1.86. The summed E-state index contributed by atoms with van der Waals surface area (Å²) in [4.78, 5) is 0. The Morgan fingerprint density at radius 2 is 1.80 bits per heavy atom. The molecule has 53 valence electrons. The predicted octanol–water partition coefficient (Wildman–Crippen LogP) is 3.17. The summed E-state index contributed by atoms with van der Waals surface area (Å²) in [7, 11) is 0. The maximum atomic E-state index is 3.42. The van der Waals surface area contributed by atoms with Crippen LogP contribution in [0.4, 0.5) is 0 Å². The van der Waals surface area contributed by atoms with Crippen LogP contribution in [0.25, 0.3) is 0 Å². The van der Waals surface area contributed by atoms with Crippen molar-refractivity contribution in [2.75, 3.05) is 0 Å². The van der Waals surface area contributed by atoms with E-state index in [0.717, 1.165) is 4.47 Å². The molecule has 0 heterocycles. The third kappa shape index (κ3) is 1.24. The molecule has 0 aliphatic heterocycles. The van der Waals surface area contributed by atoms with E-state index in [1.54, 1.807) is 0 Å². The largest absolute Gasteiger partial charge is 0.0500 e. The minimum absolute atomic E-state index is 1.08. The van der Waals surface area contributed by atoms with Crippen molar-refractivity contribution in [2.24, 2.45) is 0 Å². The summed E-state index contributed by atoms with van der Waals surface area (Å²) in [6.07, 6.45) is 0. The molecule has 0 bridgehead atoms. The molecule has 0 unspecified atom stereocenters. The Morgan fingerprint density at radius 1 is 1.20 bits per heavy atom. The van der Waals surface area contributed by atoms with Crippen LogP contribution in [0.5, 0.6) is 0 Å². The van der Waals surface area contributed by atoms with Crippen LogP contribution in [0.2, 0.25) is 0 Å². The summed E-state index contributed by atoms with van der Waals surface area (Å²) in [6, 6.07) is 5.13. The van der Waals surface area contributed by atoms with E-state index in [0.29, 0.717) is 0 Å². The highest BCUT2D eigenvalue weighted by molar-refractivity contribution is 9.10. The van der Waals surface area contributed by atoms with Crippen LogP contribution < -0.4 is 0 Å². The zero-order chi connectivity index (χ0) is 7.72. The van der Waals surface area contributed by atoms with Gasteiger partial charge >= 0.3 is 0 Å². The van der Waals surface area contributed by atoms with Gasteiger partial charge in [-0.25, -0.2) is 0 Å². The SMILES string of the molecule is Cc1c[c]c(Br)c(C)c1C. The molecule has 1 aromatic rings. The summed E-state index contributed by atoms with van der Waals surface area (Å²) in [5.74, 6) is 0. The van der Waals surface area contributed by atoms with Crippen LogP contribution in [0.15, 0.2) is 10.5 Å². The molecule has 10 heavy (non-hydrogen) atoms. The number of hydrogen-bond donors (Lipinski definition) is 0. The molecular formula is C9H10Br. The van der Waals surface area contributed by atoms with Gasteiger partial charge in [-0.2, -0.15) is 0 Å². The molecule has 1 aromatic carbocycles. The van der Waals surface area contributed by atoms with Gasteiger partial charge in [0, 0.05) is 4.47 Å². The first-order chi connectivity index (χ1) is 4.63. The van der Waals surface area contributed by atoms with E-state index in [2.05, 4.69) is 42.8 Å². The Bertz CT molecular complexity index is 224. The fourth-order valence-corrected chi connectivity index (χ4v) is 1.26. The van der Waals surface area contributed by atoms with E-state index in [1.807, 2.05) is 6.07 Å². The number of benzene rings is 1. The zero-order valence-electron chi connectivity index (χ0n) is 6.46.